The van der Waals surface area contributed by atoms with Gasteiger partial charge in [0.15, 0.2) is 5.96 Å². The summed E-state index contributed by atoms with van der Waals surface area (Å²) in [4.78, 5) is 4.24. The number of hydrogen-bond donors (Lipinski definition) is 2. The molecule has 2 N–H and O–H groups in total. The summed E-state index contributed by atoms with van der Waals surface area (Å²) in [7, 11) is 1.80. The zero-order valence-electron chi connectivity index (χ0n) is 15.3. The van der Waals surface area contributed by atoms with Gasteiger partial charge in [-0.25, -0.2) is 0 Å². The summed E-state index contributed by atoms with van der Waals surface area (Å²) in [6.45, 7) is 11.3. The molecule has 1 saturated heterocycles. The Morgan fingerprint density at radius 1 is 1.30 bits per heavy atom. The van der Waals surface area contributed by atoms with Crippen molar-refractivity contribution in [2.75, 3.05) is 46.6 Å². The average Bonchev–Trinajstić information content (AvgIpc) is 3.05. The SMILES string of the molecule is CCOC(CCNC(=NC)NCCCOC1CCOC1)C(C)C. The van der Waals surface area contributed by atoms with Gasteiger partial charge in [-0.1, -0.05) is 13.8 Å². The molecule has 0 aromatic rings. The smallest absolute Gasteiger partial charge is 0.190 e. The Hall–Kier alpha value is -0.850. The number of hydrogen-bond acceptors (Lipinski definition) is 4. The summed E-state index contributed by atoms with van der Waals surface area (Å²) in [5, 5.41) is 6.66. The maximum absolute atomic E-state index is 5.75. The van der Waals surface area contributed by atoms with Crippen LogP contribution in [-0.2, 0) is 14.2 Å². The van der Waals surface area contributed by atoms with Crippen molar-refractivity contribution in [3.05, 3.63) is 0 Å². The van der Waals surface area contributed by atoms with Gasteiger partial charge in [0, 0.05) is 40.0 Å². The maximum atomic E-state index is 5.75. The van der Waals surface area contributed by atoms with E-state index in [0.717, 1.165) is 64.7 Å². The third kappa shape index (κ3) is 9.13. The second-order valence-corrected chi connectivity index (χ2v) is 6.16. The van der Waals surface area contributed by atoms with Crippen LogP contribution in [0.1, 0.15) is 40.0 Å². The summed E-state index contributed by atoms with van der Waals surface area (Å²) in [6.07, 6.45) is 3.56. The van der Waals surface area contributed by atoms with Crippen LogP contribution in [0.4, 0.5) is 0 Å². The van der Waals surface area contributed by atoms with Crippen molar-refractivity contribution >= 4 is 5.96 Å². The van der Waals surface area contributed by atoms with Crippen molar-refractivity contribution < 1.29 is 14.2 Å². The average molecular weight is 329 g/mol. The first-order valence-corrected chi connectivity index (χ1v) is 8.92. The minimum atomic E-state index is 0.291. The van der Waals surface area contributed by atoms with Crippen LogP contribution in [0.2, 0.25) is 0 Å². The van der Waals surface area contributed by atoms with Crippen molar-refractivity contribution in [1.29, 1.82) is 0 Å². The van der Waals surface area contributed by atoms with E-state index in [1.54, 1.807) is 7.05 Å². The van der Waals surface area contributed by atoms with E-state index in [0.29, 0.717) is 18.1 Å². The summed E-state index contributed by atoms with van der Waals surface area (Å²) in [6, 6.07) is 0. The van der Waals surface area contributed by atoms with E-state index in [4.69, 9.17) is 14.2 Å². The van der Waals surface area contributed by atoms with Crippen molar-refractivity contribution in [2.45, 2.75) is 52.2 Å². The van der Waals surface area contributed by atoms with Gasteiger partial charge in [-0.15, -0.1) is 0 Å². The Labute approximate surface area is 141 Å². The number of nitrogens with one attached hydrogen (secondary N) is 2. The van der Waals surface area contributed by atoms with E-state index >= 15 is 0 Å². The predicted octanol–water partition coefficient (Wildman–Crippen LogP) is 1.80. The summed E-state index contributed by atoms with van der Waals surface area (Å²) < 4.78 is 16.8. The first kappa shape index (κ1) is 20.2. The quantitative estimate of drug-likeness (QED) is 0.344. The number of rotatable bonds is 11. The maximum Gasteiger partial charge on any atom is 0.190 e. The van der Waals surface area contributed by atoms with Gasteiger partial charge in [0.05, 0.1) is 18.8 Å². The van der Waals surface area contributed by atoms with Crippen molar-refractivity contribution in [1.82, 2.24) is 10.6 Å². The molecular weight excluding hydrogens is 294 g/mol. The van der Waals surface area contributed by atoms with Gasteiger partial charge in [-0.05, 0) is 32.1 Å². The molecule has 2 unspecified atom stereocenters. The Bertz CT molecular complexity index is 318. The lowest BCUT2D eigenvalue weighted by Gasteiger charge is -2.21. The fourth-order valence-electron chi connectivity index (χ4n) is 2.55. The zero-order chi connectivity index (χ0) is 16.9. The van der Waals surface area contributed by atoms with E-state index in [1.807, 2.05) is 6.92 Å². The van der Waals surface area contributed by atoms with Crippen LogP contribution >= 0.6 is 0 Å². The molecule has 0 bridgehead atoms. The molecule has 0 amide bonds. The van der Waals surface area contributed by atoms with E-state index in [2.05, 4.69) is 29.5 Å². The van der Waals surface area contributed by atoms with Gasteiger partial charge in [0.2, 0.25) is 0 Å². The molecule has 1 fully saturated rings. The summed E-state index contributed by atoms with van der Waals surface area (Å²) >= 11 is 0. The molecule has 23 heavy (non-hydrogen) atoms. The van der Waals surface area contributed by atoms with Gasteiger partial charge >= 0.3 is 0 Å². The van der Waals surface area contributed by atoms with E-state index in [1.165, 1.54) is 0 Å². The second-order valence-electron chi connectivity index (χ2n) is 6.16. The molecular formula is C17H35N3O3. The third-order valence-electron chi connectivity index (χ3n) is 3.92. The minimum Gasteiger partial charge on any atom is -0.379 e. The van der Waals surface area contributed by atoms with Crippen molar-refractivity contribution in [3.63, 3.8) is 0 Å². The molecule has 0 radical (unpaired) electrons. The lowest BCUT2D eigenvalue weighted by atomic mass is 10.0. The van der Waals surface area contributed by atoms with Gasteiger partial charge in [0.1, 0.15) is 0 Å². The molecule has 136 valence electrons. The fraction of sp³-hybridized carbons (Fsp3) is 0.941. The highest BCUT2D eigenvalue weighted by molar-refractivity contribution is 5.79. The van der Waals surface area contributed by atoms with Crippen LogP contribution in [0.25, 0.3) is 0 Å². The first-order valence-electron chi connectivity index (χ1n) is 8.92. The topological polar surface area (TPSA) is 64.1 Å². The lowest BCUT2D eigenvalue weighted by molar-refractivity contribution is 0.0258. The highest BCUT2D eigenvalue weighted by Gasteiger charge is 2.15. The fourth-order valence-corrected chi connectivity index (χ4v) is 2.55. The van der Waals surface area contributed by atoms with E-state index < -0.39 is 0 Å². The Morgan fingerprint density at radius 3 is 2.70 bits per heavy atom. The van der Waals surface area contributed by atoms with Crippen LogP contribution < -0.4 is 10.6 Å². The Balaban J connectivity index is 2.06. The number of nitrogens with zero attached hydrogens (tertiary/aromatic N) is 1. The van der Waals surface area contributed by atoms with Gasteiger partial charge in [-0.2, -0.15) is 0 Å². The van der Waals surface area contributed by atoms with Gasteiger partial charge in [-0.3, -0.25) is 4.99 Å². The highest BCUT2D eigenvalue weighted by Crippen LogP contribution is 2.10. The normalized spacial score (nSPS) is 20.0. The number of guanidine groups is 1. The largest absolute Gasteiger partial charge is 0.379 e. The van der Waals surface area contributed by atoms with E-state index in [9.17, 15) is 0 Å². The summed E-state index contributed by atoms with van der Waals surface area (Å²) in [5.74, 6) is 1.37. The molecule has 1 heterocycles. The van der Waals surface area contributed by atoms with Crippen molar-refractivity contribution in [2.24, 2.45) is 10.9 Å². The van der Waals surface area contributed by atoms with Gasteiger partial charge < -0.3 is 24.8 Å². The molecule has 2 atom stereocenters. The number of aliphatic imine (C=N–C) groups is 1. The molecule has 1 rings (SSSR count). The third-order valence-corrected chi connectivity index (χ3v) is 3.92. The molecule has 1 aliphatic rings. The number of ether oxygens (including phenoxy) is 3. The second kappa shape index (κ2) is 12.6. The molecule has 0 saturated carbocycles. The summed E-state index contributed by atoms with van der Waals surface area (Å²) in [5.41, 5.74) is 0. The van der Waals surface area contributed by atoms with Crippen LogP contribution in [-0.4, -0.2) is 64.7 Å². The predicted molar refractivity (Wildman–Crippen MR) is 94.0 cm³/mol. The Morgan fingerprint density at radius 2 is 2.09 bits per heavy atom. The molecule has 6 nitrogen and oxygen atoms in total. The highest BCUT2D eigenvalue weighted by atomic mass is 16.5. The first-order chi connectivity index (χ1) is 11.2. The molecule has 0 aromatic carbocycles. The molecule has 1 aliphatic heterocycles. The molecule has 0 spiro atoms. The van der Waals surface area contributed by atoms with Gasteiger partial charge in [0.25, 0.3) is 0 Å². The molecule has 0 aromatic heterocycles. The standard InChI is InChI=1S/C17H35N3O3/c1-5-22-16(14(2)3)7-10-20-17(18-4)19-9-6-11-23-15-8-12-21-13-15/h14-16H,5-13H2,1-4H3,(H2,18,19,20). The van der Waals surface area contributed by atoms with Crippen LogP contribution in [0.5, 0.6) is 0 Å². The van der Waals surface area contributed by atoms with Crippen LogP contribution in [0.15, 0.2) is 4.99 Å². The zero-order valence-corrected chi connectivity index (χ0v) is 15.3. The monoisotopic (exact) mass is 329 g/mol. The van der Waals surface area contributed by atoms with Crippen LogP contribution in [0, 0.1) is 5.92 Å². The van der Waals surface area contributed by atoms with Crippen LogP contribution in [0.3, 0.4) is 0 Å². The lowest BCUT2D eigenvalue weighted by Crippen LogP contribution is -2.40. The van der Waals surface area contributed by atoms with Crippen molar-refractivity contribution in [3.8, 4) is 0 Å². The minimum absolute atomic E-state index is 0.291. The molecule has 6 heteroatoms. The Kier molecular flexibility index (Phi) is 11.0. The molecule has 0 aliphatic carbocycles. The van der Waals surface area contributed by atoms with E-state index in [-0.39, 0.29) is 0 Å².